The molecule has 0 radical (unpaired) electrons. The molecule has 0 saturated carbocycles. The fraction of sp³-hybridized carbons (Fsp3) is 0.610. The summed E-state index contributed by atoms with van der Waals surface area (Å²) in [5.41, 5.74) is 0. The molecule has 0 aliphatic carbocycles. The normalized spacial score (nSPS) is 13.1. The molecule has 0 bridgehead atoms. The lowest BCUT2D eigenvalue weighted by Crippen LogP contribution is -2.30. The van der Waals surface area contributed by atoms with Gasteiger partial charge in [-0.2, -0.15) is 0 Å². The molecule has 0 fully saturated rings. The topological polar surface area (TPSA) is 78.9 Å². The second kappa shape index (κ2) is 52.4. The summed E-state index contributed by atoms with van der Waals surface area (Å²) in [6.07, 6.45) is 71.9. The molecule has 0 aromatic heterocycles. The minimum absolute atomic E-state index is 0.118. The molecule has 0 spiro atoms. The van der Waals surface area contributed by atoms with Crippen LogP contribution < -0.4 is 0 Å². The molecule has 0 aromatic rings. The highest BCUT2D eigenvalue weighted by molar-refractivity contribution is 5.71. The van der Waals surface area contributed by atoms with Crippen molar-refractivity contribution in [2.24, 2.45) is 0 Å². The molecule has 1 atom stereocenters. The second-order valence-electron chi connectivity index (χ2n) is 16.7. The van der Waals surface area contributed by atoms with Crippen LogP contribution in [0, 0.1) is 0 Å². The number of rotatable bonds is 45. The summed E-state index contributed by atoms with van der Waals surface area (Å²) in [5, 5.41) is 0. The van der Waals surface area contributed by atoms with Crippen LogP contribution in [0.4, 0.5) is 0 Å². The number of esters is 3. The number of allylic oxidation sites excluding steroid dienone is 20. The minimum Gasteiger partial charge on any atom is -0.462 e. The molecule has 0 heterocycles. The van der Waals surface area contributed by atoms with Crippen LogP contribution in [0.25, 0.3) is 0 Å². The largest absolute Gasteiger partial charge is 0.462 e. The SMILES string of the molecule is CC/C=C\C/C=C\C/C=C\C/C=C\C/C=C\CCCCCC(=O)OC[C@@H](COC(=O)CCCCCCC/C=C\CCCC)OC(=O)CCC/C=C\C/C=C\C/C=C\C/C=C\CCCCC. The number of unbranched alkanes of at least 4 members (excludes halogenated alkanes) is 14. The van der Waals surface area contributed by atoms with Gasteiger partial charge in [-0.3, -0.25) is 14.4 Å². The summed E-state index contributed by atoms with van der Waals surface area (Å²) in [4.78, 5) is 37.9. The smallest absolute Gasteiger partial charge is 0.306 e. The van der Waals surface area contributed by atoms with Crippen LogP contribution in [-0.2, 0) is 28.6 Å². The summed E-state index contributed by atoms with van der Waals surface area (Å²) >= 11 is 0. The highest BCUT2D eigenvalue weighted by Crippen LogP contribution is 2.11. The van der Waals surface area contributed by atoms with Gasteiger partial charge in [0, 0.05) is 19.3 Å². The van der Waals surface area contributed by atoms with Crippen molar-refractivity contribution in [1.82, 2.24) is 0 Å². The van der Waals surface area contributed by atoms with Gasteiger partial charge in [-0.25, -0.2) is 0 Å². The summed E-state index contributed by atoms with van der Waals surface area (Å²) in [7, 11) is 0. The Labute approximate surface area is 399 Å². The van der Waals surface area contributed by atoms with Crippen LogP contribution in [0.3, 0.4) is 0 Å². The van der Waals surface area contributed by atoms with Gasteiger partial charge in [0.15, 0.2) is 6.10 Å². The molecule has 0 unspecified atom stereocenters. The molecule has 0 amide bonds. The standard InChI is InChI=1S/C59H94O6/c1-4-7-10-13-16-19-22-24-26-28-29-31-32-34-37-40-43-46-49-52-58(61)64-55-56(54-63-57(60)51-48-45-42-39-36-21-18-15-12-9-6-3)65-59(62)53-50-47-44-41-38-35-33-30-27-25-23-20-17-14-11-8-5-2/h7,10,15-20,24-27,29,31,33-35,37,41,44,56H,4-6,8-9,11-14,21-23,28,30,32,36,38-40,42-43,45-55H2,1-3H3/b10-7-,18-15-,19-16-,20-17-,26-24-,27-25-,31-29-,35-33-,37-34-,44-41-/t56-/m1/s1. The van der Waals surface area contributed by atoms with Crippen molar-refractivity contribution in [3.63, 3.8) is 0 Å². The van der Waals surface area contributed by atoms with Crippen molar-refractivity contribution < 1.29 is 28.6 Å². The molecule has 0 saturated heterocycles. The van der Waals surface area contributed by atoms with Crippen LogP contribution in [0.5, 0.6) is 0 Å². The Balaban J connectivity index is 4.55. The van der Waals surface area contributed by atoms with E-state index in [0.717, 1.165) is 116 Å². The Kier molecular flexibility index (Phi) is 49.1. The highest BCUT2D eigenvalue weighted by atomic mass is 16.6. The third-order valence-electron chi connectivity index (χ3n) is 10.4. The third-order valence-corrected chi connectivity index (χ3v) is 10.4. The zero-order valence-corrected chi connectivity index (χ0v) is 41.7. The van der Waals surface area contributed by atoms with Gasteiger partial charge in [0.05, 0.1) is 0 Å². The van der Waals surface area contributed by atoms with Crippen molar-refractivity contribution in [1.29, 1.82) is 0 Å². The van der Waals surface area contributed by atoms with Crippen molar-refractivity contribution >= 4 is 17.9 Å². The predicted octanol–water partition coefficient (Wildman–Crippen LogP) is 17.3. The summed E-state index contributed by atoms with van der Waals surface area (Å²) < 4.78 is 16.7. The molecule has 0 aliphatic rings. The quantitative estimate of drug-likeness (QED) is 0.0262. The van der Waals surface area contributed by atoms with Crippen LogP contribution in [-0.4, -0.2) is 37.2 Å². The van der Waals surface area contributed by atoms with Gasteiger partial charge < -0.3 is 14.2 Å². The van der Waals surface area contributed by atoms with E-state index in [-0.39, 0.29) is 37.5 Å². The number of hydrogen-bond donors (Lipinski definition) is 0. The molecular formula is C59H94O6. The van der Waals surface area contributed by atoms with E-state index in [0.29, 0.717) is 19.3 Å². The number of carbonyl (C=O) groups excluding carboxylic acids is 3. The Hall–Kier alpha value is -4.19. The van der Waals surface area contributed by atoms with Crippen LogP contribution >= 0.6 is 0 Å². The number of ether oxygens (including phenoxy) is 3. The molecule has 0 aromatic carbocycles. The first-order valence-electron chi connectivity index (χ1n) is 26.0. The lowest BCUT2D eigenvalue weighted by Gasteiger charge is -2.18. The van der Waals surface area contributed by atoms with Gasteiger partial charge in [0.25, 0.3) is 0 Å². The fourth-order valence-corrected chi connectivity index (χ4v) is 6.50. The average molecular weight is 899 g/mol. The Morgan fingerprint density at radius 2 is 0.631 bits per heavy atom. The van der Waals surface area contributed by atoms with Crippen molar-refractivity contribution in [2.45, 2.75) is 219 Å². The van der Waals surface area contributed by atoms with E-state index in [1.807, 2.05) is 0 Å². The molecular weight excluding hydrogens is 805 g/mol. The first kappa shape index (κ1) is 60.8. The maximum Gasteiger partial charge on any atom is 0.306 e. The molecule has 0 aliphatic heterocycles. The summed E-state index contributed by atoms with van der Waals surface area (Å²) in [6.45, 7) is 6.35. The second-order valence-corrected chi connectivity index (χ2v) is 16.7. The van der Waals surface area contributed by atoms with E-state index in [4.69, 9.17) is 14.2 Å². The number of carbonyl (C=O) groups is 3. The first-order valence-corrected chi connectivity index (χ1v) is 26.0. The van der Waals surface area contributed by atoms with E-state index in [1.54, 1.807) is 0 Å². The van der Waals surface area contributed by atoms with E-state index in [9.17, 15) is 14.4 Å². The van der Waals surface area contributed by atoms with Gasteiger partial charge in [0.2, 0.25) is 0 Å². The molecule has 0 rings (SSSR count). The molecule has 6 heteroatoms. The molecule has 366 valence electrons. The van der Waals surface area contributed by atoms with E-state index < -0.39 is 6.10 Å². The summed E-state index contributed by atoms with van der Waals surface area (Å²) in [6, 6.07) is 0. The average Bonchev–Trinajstić information content (AvgIpc) is 3.30. The Morgan fingerprint density at radius 3 is 1.06 bits per heavy atom. The van der Waals surface area contributed by atoms with E-state index in [2.05, 4.69) is 142 Å². The van der Waals surface area contributed by atoms with Crippen LogP contribution in [0.1, 0.15) is 213 Å². The first-order chi connectivity index (χ1) is 32.0. The van der Waals surface area contributed by atoms with Gasteiger partial charge in [-0.15, -0.1) is 0 Å². The predicted molar refractivity (Wildman–Crippen MR) is 279 cm³/mol. The highest BCUT2D eigenvalue weighted by Gasteiger charge is 2.19. The fourth-order valence-electron chi connectivity index (χ4n) is 6.50. The zero-order valence-electron chi connectivity index (χ0n) is 41.7. The van der Waals surface area contributed by atoms with E-state index >= 15 is 0 Å². The van der Waals surface area contributed by atoms with E-state index in [1.165, 1.54) is 51.4 Å². The third kappa shape index (κ3) is 50.7. The minimum atomic E-state index is -0.826. The zero-order chi connectivity index (χ0) is 47.2. The monoisotopic (exact) mass is 899 g/mol. The van der Waals surface area contributed by atoms with Crippen LogP contribution in [0.15, 0.2) is 122 Å². The number of hydrogen-bond acceptors (Lipinski definition) is 6. The molecule has 6 nitrogen and oxygen atoms in total. The van der Waals surface area contributed by atoms with Crippen molar-refractivity contribution in [2.75, 3.05) is 13.2 Å². The van der Waals surface area contributed by atoms with Crippen molar-refractivity contribution in [3.8, 4) is 0 Å². The molecule has 0 N–H and O–H groups in total. The lowest BCUT2D eigenvalue weighted by atomic mass is 10.1. The summed E-state index contributed by atoms with van der Waals surface area (Å²) in [5.74, 6) is -1.03. The van der Waals surface area contributed by atoms with Crippen LogP contribution in [0.2, 0.25) is 0 Å². The van der Waals surface area contributed by atoms with Gasteiger partial charge in [-0.1, -0.05) is 194 Å². The Bertz CT molecular complexity index is 1400. The Morgan fingerprint density at radius 1 is 0.323 bits per heavy atom. The van der Waals surface area contributed by atoms with Gasteiger partial charge in [0.1, 0.15) is 13.2 Å². The van der Waals surface area contributed by atoms with Gasteiger partial charge >= 0.3 is 17.9 Å². The lowest BCUT2D eigenvalue weighted by molar-refractivity contribution is -0.167. The van der Waals surface area contributed by atoms with Crippen molar-refractivity contribution in [3.05, 3.63) is 122 Å². The maximum atomic E-state index is 12.8. The van der Waals surface area contributed by atoms with Gasteiger partial charge in [-0.05, 0) is 122 Å². The maximum absolute atomic E-state index is 12.8. The molecule has 65 heavy (non-hydrogen) atoms.